The number of anilines is 2. The van der Waals surface area contributed by atoms with Crippen LogP contribution in [0, 0.1) is 12.7 Å². The fourth-order valence-electron chi connectivity index (χ4n) is 3.96. The highest BCUT2D eigenvalue weighted by Gasteiger charge is 2.33. The number of hydrogen-bond donors (Lipinski definition) is 2. The maximum atomic E-state index is 14.7. The lowest BCUT2D eigenvalue weighted by Crippen LogP contribution is -2.30. The predicted molar refractivity (Wildman–Crippen MR) is 113 cm³/mol. The molecule has 4 rings (SSSR count). The molecule has 1 aromatic carbocycles. The fraction of sp³-hybridized carbons (Fsp3) is 0.450. The third kappa shape index (κ3) is 3.58. The van der Waals surface area contributed by atoms with E-state index in [-0.39, 0.29) is 17.2 Å². The van der Waals surface area contributed by atoms with Crippen LogP contribution in [-0.4, -0.2) is 28.9 Å². The van der Waals surface area contributed by atoms with Crippen LogP contribution in [-0.2, 0) is 7.05 Å². The highest BCUT2D eigenvalue weighted by atomic mass is 32.2. The Morgan fingerprint density at radius 2 is 2.07 bits per heavy atom. The van der Waals surface area contributed by atoms with Crippen molar-refractivity contribution in [3.63, 3.8) is 0 Å². The summed E-state index contributed by atoms with van der Waals surface area (Å²) in [4.78, 5) is 4.38. The molecule has 0 radical (unpaired) electrons. The van der Waals surface area contributed by atoms with Crippen molar-refractivity contribution < 1.29 is 4.39 Å². The lowest BCUT2D eigenvalue weighted by atomic mass is 10.1. The van der Waals surface area contributed by atoms with E-state index in [0.717, 1.165) is 49.4 Å². The number of benzene rings is 1. The fourth-order valence-corrected chi connectivity index (χ4v) is 5.00. The van der Waals surface area contributed by atoms with E-state index in [1.807, 2.05) is 48.1 Å². The number of aryl methyl sites for hydroxylation is 2. The molecule has 0 bridgehead atoms. The Kier molecular flexibility index (Phi) is 5.25. The van der Waals surface area contributed by atoms with Gasteiger partial charge >= 0.3 is 0 Å². The van der Waals surface area contributed by atoms with Crippen LogP contribution in [0.3, 0.4) is 0 Å². The number of rotatable bonds is 3. The molecule has 1 saturated heterocycles. The molecule has 4 N–H and O–H groups in total. The molecular weight excluding hydrogens is 375 g/mol. The smallest absolute Gasteiger partial charge is 0.150 e. The van der Waals surface area contributed by atoms with Crippen molar-refractivity contribution in [2.24, 2.45) is 18.5 Å². The molecule has 1 aromatic heterocycles. The molecular formula is C20H27FN6S. The van der Waals surface area contributed by atoms with Gasteiger partial charge in [-0.3, -0.25) is 4.68 Å². The second-order valence-corrected chi connectivity index (χ2v) is 8.74. The van der Waals surface area contributed by atoms with Gasteiger partial charge in [0.1, 0.15) is 16.9 Å². The van der Waals surface area contributed by atoms with Crippen molar-refractivity contribution in [1.29, 1.82) is 0 Å². The molecule has 2 atom stereocenters. The molecule has 28 heavy (non-hydrogen) atoms. The first-order valence-corrected chi connectivity index (χ1v) is 10.5. The van der Waals surface area contributed by atoms with Crippen molar-refractivity contribution in [1.82, 2.24) is 9.78 Å². The number of thioether (sulfide) groups is 1. The predicted octanol–water partition coefficient (Wildman–Crippen LogP) is 3.19. The van der Waals surface area contributed by atoms with Gasteiger partial charge in [-0.25, -0.2) is 4.39 Å². The van der Waals surface area contributed by atoms with Gasteiger partial charge in [0.05, 0.1) is 11.2 Å². The Labute approximate surface area is 169 Å². The van der Waals surface area contributed by atoms with Gasteiger partial charge in [0, 0.05) is 37.9 Å². The molecule has 1 fully saturated rings. The minimum atomic E-state index is -0.252. The summed E-state index contributed by atoms with van der Waals surface area (Å²) in [5.41, 5.74) is 14.8. The summed E-state index contributed by atoms with van der Waals surface area (Å²) in [7, 11) is 1.95. The quantitative estimate of drug-likeness (QED) is 0.821. The Morgan fingerprint density at radius 1 is 1.25 bits per heavy atom. The van der Waals surface area contributed by atoms with Gasteiger partial charge in [-0.15, -0.1) is 0 Å². The van der Waals surface area contributed by atoms with Crippen LogP contribution < -0.4 is 21.3 Å². The largest absolute Gasteiger partial charge is 0.392 e. The first-order valence-electron chi connectivity index (χ1n) is 9.65. The van der Waals surface area contributed by atoms with Crippen LogP contribution in [0.15, 0.2) is 35.6 Å². The number of hydrogen-bond acceptors (Lipinski definition) is 6. The van der Waals surface area contributed by atoms with Gasteiger partial charge in [-0.2, -0.15) is 5.10 Å². The average Bonchev–Trinajstić information content (AvgIpc) is 3.13. The van der Waals surface area contributed by atoms with Crippen LogP contribution >= 0.6 is 11.8 Å². The zero-order valence-electron chi connectivity index (χ0n) is 16.3. The minimum absolute atomic E-state index is 0.211. The summed E-state index contributed by atoms with van der Waals surface area (Å²) < 4.78 is 16.6. The first-order chi connectivity index (χ1) is 13.4. The van der Waals surface area contributed by atoms with Crippen molar-refractivity contribution in [2.75, 3.05) is 22.9 Å². The third-order valence-electron chi connectivity index (χ3n) is 5.43. The summed E-state index contributed by atoms with van der Waals surface area (Å²) in [5, 5.41) is 4.92. The molecule has 2 aliphatic rings. The van der Waals surface area contributed by atoms with Gasteiger partial charge < -0.3 is 21.3 Å². The monoisotopic (exact) mass is 402 g/mol. The molecule has 0 amide bonds. The minimum Gasteiger partial charge on any atom is -0.392 e. The van der Waals surface area contributed by atoms with E-state index in [2.05, 4.69) is 10.00 Å². The first kappa shape index (κ1) is 19.1. The van der Waals surface area contributed by atoms with Crippen LogP contribution in [0.5, 0.6) is 0 Å². The lowest BCUT2D eigenvalue weighted by Gasteiger charge is -2.29. The number of nitrogens with two attached hydrogens (primary N) is 2. The standard InChI is InChI=1S/C20H27FN6S/c1-13-5-6-15(16(21)10-13)20-27(12-18(23)28-20)17-11-24-25(2)19(17)26-8-3-4-14(22)7-9-26/h5-6,10-12,14,20H,3-4,7-9,22-23H2,1-2H3/t14?,20-/m1/s1. The van der Waals surface area contributed by atoms with Gasteiger partial charge in [0.15, 0.2) is 5.82 Å². The zero-order chi connectivity index (χ0) is 19.8. The van der Waals surface area contributed by atoms with E-state index in [1.54, 1.807) is 6.07 Å². The molecule has 0 aliphatic carbocycles. The summed E-state index contributed by atoms with van der Waals surface area (Å²) in [6.45, 7) is 3.71. The summed E-state index contributed by atoms with van der Waals surface area (Å²) >= 11 is 1.46. The molecule has 3 heterocycles. The van der Waals surface area contributed by atoms with Gasteiger partial charge in [-0.1, -0.05) is 23.9 Å². The Bertz CT molecular complexity index is 895. The molecule has 2 aromatic rings. The molecule has 1 unspecified atom stereocenters. The van der Waals surface area contributed by atoms with Gasteiger partial charge in [0.2, 0.25) is 0 Å². The summed E-state index contributed by atoms with van der Waals surface area (Å²) in [6, 6.07) is 5.60. The zero-order valence-corrected chi connectivity index (χ0v) is 17.1. The van der Waals surface area contributed by atoms with E-state index in [1.165, 1.54) is 11.8 Å². The second kappa shape index (κ2) is 7.67. The van der Waals surface area contributed by atoms with Crippen molar-refractivity contribution in [3.05, 3.63) is 52.6 Å². The van der Waals surface area contributed by atoms with Crippen molar-refractivity contribution >= 4 is 23.3 Å². The van der Waals surface area contributed by atoms with E-state index in [0.29, 0.717) is 10.6 Å². The van der Waals surface area contributed by atoms with Gasteiger partial charge in [0.25, 0.3) is 0 Å². The SMILES string of the molecule is Cc1ccc([C@H]2SC(N)=CN2c2cnn(C)c2N2CCCC(N)CC2)c(F)c1. The molecule has 2 aliphatic heterocycles. The van der Waals surface area contributed by atoms with Crippen LogP contribution in [0.2, 0.25) is 0 Å². The number of halogens is 1. The Morgan fingerprint density at radius 3 is 2.86 bits per heavy atom. The Balaban J connectivity index is 1.71. The molecule has 0 spiro atoms. The number of nitrogens with zero attached hydrogens (tertiary/aromatic N) is 4. The highest BCUT2D eigenvalue weighted by Crippen LogP contribution is 2.47. The topological polar surface area (TPSA) is 76.3 Å². The van der Waals surface area contributed by atoms with Gasteiger partial charge in [-0.05, 0) is 37.8 Å². The summed E-state index contributed by atoms with van der Waals surface area (Å²) in [6.07, 6.45) is 6.77. The van der Waals surface area contributed by atoms with E-state index >= 15 is 0 Å². The Hall–Kier alpha value is -2.19. The van der Waals surface area contributed by atoms with E-state index in [9.17, 15) is 4.39 Å². The van der Waals surface area contributed by atoms with Crippen LogP contribution in [0.4, 0.5) is 15.9 Å². The normalized spacial score (nSPS) is 23.1. The maximum absolute atomic E-state index is 14.7. The summed E-state index contributed by atoms with van der Waals surface area (Å²) in [5.74, 6) is 0.815. The lowest BCUT2D eigenvalue weighted by molar-refractivity contribution is 0.601. The van der Waals surface area contributed by atoms with Crippen LogP contribution in [0.1, 0.15) is 35.8 Å². The third-order valence-corrected chi connectivity index (χ3v) is 6.51. The molecule has 8 heteroatoms. The van der Waals surface area contributed by atoms with Crippen LogP contribution in [0.25, 0.3) is 0 Å². The molecule has 6 nitrogen and oxygen atoms in total. The van der Waals surface area contributed by atoms with E-state index < -0.39 is 0 Å². The maximum Gasteiger partial charge on any atom is 0.150 e. The second-order valence-electron chi connectivity index (χ2n) is 7.59. The molecule has 0 saturated carbocycles. The number of aromatic nitrogens is 2. The van der Waals surface area contributed by atoms with Crippen molar-refractivity contribution in [2.45, 2.75) is 37.6 Å². The van der Waals surface area contributed by atoms with Crippen molar-refractivity contribution in [3.8, 4) is 0 Å². The van der Waals surface area contributed by atoms with E-state index in [4.69, 9.17) is 11.5 Å². The highest BCUT2D eigenvalue weighted by molar-refractivity contribution is 8.03. The average molecular weight is 403 g/mol. The molecule has 150 valence electrons.